The number of anilines is 3. The molecule has 51 heavy (non-hydrogen) atoms. The van der Waals surface area contributed by atoms with Crippen molar-refractivity contribution in [1.82, 2.24) is 15.0 Å². The van der Waals surface area contributed by atoms with Gasteiger partial charge in [-0.1, -0.05) is 66.0 Å². The monoisotopic (exact) mass is 876 g/mol. The van der Waals surface area contributed by atoms with E-state index in [1.165, 1.54) is 0 Å². The van der Waals surface area contributed by atoms with E-state index in [2.05, 4.69) is 78.7 Å². The van der Waals surface area contributed by atoms with Gasteiger partial charge in [0.1, 0.15) is 17.2 Å². The number of amides is 3. The Morgan fingerprint density at radius 3 is 0.961 bits per heavy atom. The van der Waals surface area contributed by atoms with Gasteiger partial charge in [-0.05, 0) is 91.0 Å². The fourth-order valence-electron chi connectivity index (χ4n) is 3.65. The van der Waals surface area contributed by atoms with Crippen LogP contribution in [0.1, 0.15) is 0 Å². The molecular formula is C36H27Br3N6O6. The summed E-state index contributed by atoms with van der Waals surface area (Å²) in [5.74, 6) is 1.42. The molecule has 0 aliphatic heterocycles. The van der Waals surface area contributed by atoms with E-state index in [1.807, 2.05) is 18.2 Å². The number of nitrogens with one attached hydrogen (secondary N) is 3. The summed E-state index contributed by atoms with van der Waals surface area (Å²) in [5.41, 5.74) is 1.77. The number of ether oxygens (including phenoxy) is 3. The molecule has 3 aromatic carbocycles. The van der Waals surface area contributed by atoms with Crippen LogP contribution in [0, 0.1) is 0 Å². The van der Waals surface area contributed by atoms with Gasteiger partial charge in [-0.15, -0.1) is 0 Å². The average molecular weight is 879 g/mol. The molecule has 0 radical (unpaired) electrons. The van der Waals surface area contributed by atoms with Gasteiger partial charge in [-0.25, -0.2) is 14.4 Å². The molecule has 0 fully saturated rings. The highest BCUT2D eigenvalue weighted by Crippen LogP contribution is 2.20. The van der Waals surface area contributed by atoms with E-state index in [0.29, 0.717) is 34.3 Å². The van der Waals surface area contributed by atoms with Crippen LogP contribution in [0.3, 0.4) is 0 Å². The first-order chi connectivity index (χ1) is 24.7. The number of aromatic nitrogens is 3. The van der Waals surface area contributed by atoms with Crippen molar-refractivity contribution >= 4 is 83.1 Å². The van der Waals surface area contributed by atoms with Crippen molar-refractivity contribution < 1.29 is 28.6 Å². The predicted octanol–water partition coefficient (Wildman–Crippen LogP) is 10.4. The van der Waals surface area contributed by atoms with Crippen LogP contribution in [0.4, 0.5) is 31.4 Å². The van der Waals surface area contributed by atoms with Gasteiger partial charge in [0.2, 0.25) is 0 Å². The van der Waals surface area contributed by atoms with Gasteiger partial charge < -0.3 is 14.2 Å². The minimum Gasteiger partial charge on any atom is -0.410 e. The molecule has 258 valence electrons. The summed E-state index contributed by atoms with van der Waals surface area (Å²) in [6.45, 7) is 0. The van der Waals surface area contributed by atoms with E-state index in [0.717, 1.165) is 13.4 Å². The molecule has 3 aromatic heterocycles. The Kier molecular flexibility index (Phi) is 15.5. The van der Waals surface area contributed by atoms with Gasteiger partial charge >= 0.3 is 18.3 Å². The Morgan fingerprint density at radius 2 is 0.725 bits per heavy atom. The highest BCUT2D eigenvalue weighted by Gasteiger charge is 2.07. The lowest BCUT2D eigenvalue weighted by Gasteiger charge is -2.06. The predicted molar refractivity (Wildman–Crippen MR) is 204 cm³/mol. The number of nitrogens with zero attached hydrogens (tertiary/aromatic N) is 3. The van der Waals surface area contributed by atoms with Gasteiger partial charge in [-0.3, -0.25) is 30.9 Å². The molecule has 0 bridgehead atoms. The van der Waals surface area contributed by atoms with E-state index in [1.54, 1.807) is 128 Å². The largest absolute Gasteiger partial charge is 0.417 e. The maximum Gasteiger partial charge on any atom is 0.417 e. The van der Waals surface area contributed by atoms with Crippen molar-refractivity contribution in [3.63, 3.8) is 0 Å². The van der Waals surface area contributed by atoms with E-state index in [-0.39, 0.29) is 0 Å². The van der Waals surface area contributed by atoms with Gasteiger partial charge in [-0.2, -0.15) is 0 Å². The van der Waals surface area contributed by atoms with E-state index < -0.39 is 18.3 Å². The molecule has 15 heteroatoms. The first-order valence-corrected chi connectivity index (χ1v) is 17.0. The second-order valence-corrected chi connectivity index (χ2v) is 12.4. The van der Waals surface area contributed by atoms with E-state index in [9.17, 15) is 14.4 Å². The number of hydrogen-bond donors (Lipinski definition) is 3. The van der Waals surface area contributed by atoms with Crippen molar-refractivity contribution in [1.29, 1.82) is 0 Å². The molecule has 0 aliphatic carbocycles. The molecule has 0 aliphatic rings. The van der Waals surface area contributed by atoms with E-state index in [4.69, 9.17) is 14.2 Å². The average Bonchev–Trinajstić information content (AvgIpc) is 3.10. The lowest BCUT2D eigenvalue weighted by atomic mass is 10.3. The van der Waals surface area contributed by atoms with Crippen molar-refractivity contribution in [3.05, 3.63) is 160 Å². The zero-order valence-electron chi connectivity index (χ0n) is 26.3. The second kappa shape index (κ2) is 20.8. The lowest BCUT2D eigenvalue weighted by Crippen LogP contribution is -2.16. The van der Waals surface area contributed by atoms with Crippen LogP contribution in [0.5, 0.6) is 17.2 Å². The maximum absolute atomic E-state index is 11.5. The third-order valence-corrected chi connectivity index (χ3v) is 7.22. The van der Waals surface area contributed by atoms with Crippen LogP contribution in [-0.2, 0) is 0 Å². The highest BCUT2D eigenvalue weighted by atomic mass is 79.9. The number of carbonyl (C=O) groups excluding carboxylic acids is 3. The molecule has 6 rings (SSSR count). The van der Waals surface area contributed by atoms with Gasteiger partial charge in [0, 0.05) is 32.0 Å². The summed E-state index contributed by atoms with van der Waals surface area (Å²) < 4.78 is 17.8. The molecular weight excluding hydrogens is 852 g/mol. The standard InChI is InChI=1S/3C12H9BrN2O2/c3*13-9-3-1-5-11(7-9)17-12(16)15-10-4-2-6-14-8-10/h3*1-8H,(H,15,16). The van der Waals surface area contributed by atoms with Crippen LogP contribution in [-0.4, -0.2) is 33.2 Å². The summed E-state index contributed by atoms with van der Waals surface area (Å²) >= 11 is 9.89. The topological polar surface area (TPSA) is 154 Å². The fourth-order valence-corrected chi connectivity index (χ4v) is 4.79. The Morgan fingerprint density at radius 1 is 0.431 bits per heavy atom. The smallest absolute Gasteiger partial charge is 0.410 e. The summed E-state index contributed by atoms with van der Waals surface area (Å²) in [6.07, 6.45) is 7.88. The maximum atomic E-state index is 11.5. The number of carbonyl (C=O) groups is 3. The third kappa shape index (κ3) is 15.2. The van der Waals surface area contributed by atoms with Crippen molar-refractivity contribution in [2.45, 2.75) is 0 Å². The van der Waals surface area contributed by atoms with Crippen molar-refractivity contribution in [3.8, 4) is 17.2 Å². The minimum absolute atomic E-state index is 0.473. The van der Waals surface area contributed by atoms with Crippen LogP contribution in [0.25, 0.3) is 0 Å². The number of rotatable bonds is 6. The molecule has 0 spiro atoms. The fraction of sp³-hybridized carbons (Fsp3) is 0. The Balaban J connectivity index is 0.000000172. The summed E-state index contributed by atoms with van der Waals surface area (Å²) in [5, 5.41) is 7.71. The molecule has 0 saturated heterocycles. The Labute approximate surface area is 318 Å². The van der Waals surface area contributed by atoms with Gasteiger partial charge in [0.25, 0.3) is 0 Å². The van der Waals surface area contributed by atoms with Crippen molar-refractivity contribution in [2.75, 3.05) is 16.0 Å². The van der Waals surface area contributed by atoms with Crippen LogP contribution in [0.15, 0.2) is 160 Å². The lowest BCUT2D eigenvalue weighted by molar-refractivity contribution is 0.214. The second-order valence-electron chi connectivity index (χ2n) is 9.64. The number of pyridine rings is 3. The SMILES string of the molecule is O=C(Nc1cccnc1)Oc1cccc(Br)c1.O=C(Nc1cccnc1)Oc1cccc(Br)c1.O=C(Nc1cccnc1)Oc1cccc(Br)c1. The van der Waals surface area contributed by atoms with Crippen LogP contribution < -0.4 is 30.2 Å². The Hall–Kier alpha value is -5.64. The normalized spacial score (nSPS) is 9.71. The van der Waals surface area contributed by atoms with Gasteiger partial charge in [0.15, 0.2) is 0 Å². The molecule has 3 heterocycles. The highest BCUT2D eigenvalue weighted by molar-refractivity contribution is 9.11. The summed E-state index contributed by atoms with van der Waals surface area (Å²) in [4.78, 5) is 46.2. The molecule has 6 aromatic rings. The van der Waals surface area contributed by atoms with Crippen LogP contribution >= 0.6 is 47.8 Å². The first kappa shape index (κ1) is 38.2. The quantitative estimate of drug-likeness (QED) is 0.148. The Bertz CT molecular complexity index is 1780. The number of halogens is 3. The molecule has 12 nitrogen and oxygen atoms in total. The zero-order chi connectivity index (χ0) is 36.3. The molecule has 3 N–H and O–H groups in total. The first-order valence-electron chi connectivity index (χ1n) is 14.6. The summed E-state index contributed by atoms with van der Waals surface area (Å²) in [7, 11) is 0. The third-order valence-electron chi connectivity index (χ3n) is 5.74. The van der Waals surface area contributed by atoms with Crippen molar-refractivity contribution in [2.24, 2.45) is 0 Å². The van der Waals surface area contributed by atoms with Gasteiger partial charge in [0.05, 0.1) is 35.7 Å². The summed E-state index contributed by atoms with van der Waals surface area (Å²) in [6, 6.07) is 31.6. The van der Waals surface area contributed by atoms with Crippen LogP contribution in [0.2, 0.25) is 0 Å². The molecule has 3 amide bonds. The molecule has 0 atom stereocenters. The number of hydrogen-bond acceptors (Lipinski definition) is 9. The molecule has 0 saturated carbocycles. The molecule has 0 unspecified atom stereocenters. The minimum atomic E-state index is -0.545. The van der Waals surface area contributed by atoms with E-state index >= 15 is 0 Å². The zero-order valence-corrected chi connectivity index (χ0v) is 31.0. The number of benzene rings is 3.